The van der Waals surface area contributed by atoms with Crippen molar-refractivity contribution in [2.24, 2.45) is 5.92 Å². The van der Waals surface area contributed by atoms with E-state index in [9.17, 15) is 0 Å². The van der Waals surface area contributed by atoms with Crippen molar-refractivity contribution < 1.29 is 4.74 Å². The fourth-order valence-corrected chi connectivity index (χ4v) is 1.23. The summed E-state index contributed by atoms with van der Waals surface area (Å²) in [6.07, 6.45) is 0. The molecule has 0 saturated heterocycles. The van der Waals surface area contributed by atoms with Crippen LogP contribution in [0.15, 0.2) is 12.1 Å². The standard InChI is InChI=1S/C13H23N3O/c1-9(2)8-15-11-7-6-10(14)12(16-11)17-13(3,4)5/h6-7,9H,8,14H2,1-5H3,(H,15,16). The molecule has 1 rings (SSSR count). The average molecular weight is 237 g/mol. The number of rotatable bonds is 4. The number of nitrogens with zero attached hydrogens (tertiary/aromatic N) is 1. The largest absolute Gasteiger partial charge is 0.470 e. The molecule has 1 heterocycles. The molecule has 0 atom stereocenters. The Hall–Kier alpha value is -1.45. The van der Waals surface area contributed by atoms with E-state index in [0.29, 0.717) is 17.5 Å². The third-order valence-electron chi connectivity index (χ3n) is 1.98. The van der Waals surface area contributed by atoms with Crippen LogP contribution in [0.2, 0.25) is 0 Å². The maximum Gasteiger partial charge on any atom is 0.239 e. The number of pyridine rings is 1. The first-order valence-corrected chi connectivity index (χ1v) is 5.97. The van der Waals surface area contributed by atoms with Crippen molar-refractivity contribution in [2.75, 3.05) is 17.6 Å². The van der Waals surface area contributed by atoms with E-state index in [1.54, 1.807) is 0 Å². The molecular formula is C13H23N3O. The predicted octanol–water partition coefficient (Wildman–Crippen LogP) is 2.91. The summed E-state index contributed by atoms with van der Waals surface area (Å²) in [6.45, 7) is 11.1. The maximum absolute atomic E-state index is 5.84. The van der Waals surface area contributed by atoms with Crippen LogP contribution in [0.3, 0.4) is 0 Å². The van der Waals surface area contributed by atoms with Gasteiger partial charge in [-0.15, -0.1) is 0 Å². The Morgan fingerprint density at radius 2 is 2.00 bits per heavy atom. The Balaban J connectivity index is 2.79. The Morgan fingerprint density at radius 1 is 1.35 bits per heavy atom. The highest BCUT2D eigenvalue weighted by Crippen LogP contribution is 2.24. The summed E-state index contributed by atoms with van der Waals surface area (Å²) in [5, 5.41) is 3.25. The van der Waals surface area contributed by atoms with Crippen molar-refractivity contribution in [2.45, 2.75) is 40.2 Å². The Kier molecular flexibility index (Phi) is 4.21. The lowest BCUT2D eigenvalue weighted by Gasteiger charge is -2.21. The van der Waals surface area contributed by atoms with Gasteiger partial charge >= 0.3 is 0 Å². The Labute approximate surface area is 104 Å². The monoisotopic (exact) mass is 237 g/mol. The maximum atomic E-state index is 5.84. The minimum Gasteiger partial charge on any atom is -0.470 e. The summed E-state index contributed by atoms with van der Waals surface area (Å²) in [5.74, 6) is 1.86. The minimum absolute atomic E-state index is 0.294. The van der Waals surface area contributed by atoms with Crippen molar-refractivity contribution >= 4 is 11.5 Å². The molecule has 4 nitrogen and oxygen atoms in total. The van der Waals surface area contributed by atoms with E-state index in [-0.39, 0.29) is 5.60 Å². The molecule has 0 aliphatic heterocycles. The SMILES string of the molecule is CC(C)CNc1ccc(N)c(OC(C)(C)C)n1. The van der Waals surface area contributed by atoms with E-state index in [1.807, 2.05) is 32.9 Å². The number of nitrogens with two attached hydrogens (primary N) is 1. The average Bonchev–Trinajstić information content (AvgIpc) is 2.17. The van der Waals surface area contributed by atoms with Crippen molar-refractivity contribution in [3.8, 4) is 5.88 Å². The van der Waals surface area contributed by atoms with Gasteiger partial charge in [0.2, 0.25) is 5.88 Å². The van der Waals surface area contributed by atoms with Crippen LogP contribution in [0.1, 0.15) is 34.6 Å². The van der Waals surface area contributed by atoms with Crippen LogP contribution in [-0.2, 0) is 0 Å². The molecule has 0 spiro atoms. The van der Waals surface area contributed by atoms with Crippen LogP contribution in [0.25, 0.3) is 0 Å². The Bertz CT molecular complexity index is 369. The summed E-state index contributed by atoms with van der Waals surface area (Å²) in [5.41, 5.74) is 6.11. The molecule has 3 N–H and O–H groups in total. The molecule has 0 unspecified atom stereocenters. The second-order valence-corrected chi connectivity index (χ2v) is 5.58. The van der Waals surface area contributed by atoms with Crippen molar-refractivity contribution in [3.63, 3.8) is 0 Å². The quantitative estimate of drug-likeness (QED) is 0.845. The first-order valence-electron chi connectivity index (χ1n) is 5.97. The minimum atomic E-state index is -0.294. The number of nitrogens with one attached hydrogen (secondary N) is 1. The van der Waals surface area contributed by atoms with Crippen LogP contribution in [0.4, 0.5) is 11.5 Å². The van der Waals surface area contributed by atoms with E-state index in [0.717, 1.165) is 12.4 Å². The summed E-state index contributed by atoms with van der Waals surface area (Å²) in [4.78, 5) is 4.37. The molecule has 0 fully saturated rings. The van der Waals surface area contributed by atoms with Gasteiger partial charge in [-0.2, -0.15) is 4.98 Å². The number of nitrogen functional groups attached to an aromatic ring is 1. The molecule has 0 amide bonds. The van der Waals surface area contributed by atoms with Gasteiger partial charge in [0.25, 0.3) is 0 Å². The molecule has 0 aliphatic rings. The molecule has 0 aromatic carbocycles. The summed E-state index contributed by atoms with van der Waals surface area (Å²) in [7, 11) is 0. The topological polar surface area (TPSA) is 60.2 Å². The van der Waals surface area contributed by atoms with E-state index >= 15 is 0 Å². The second kappa shape index (κ2) is 5.25. The lowest BCUT2D eigenvalue weighted by Crippen LogP contribution is -2.24. The third-order valence-corrected chi connectivity index (χ3v) is 1.98. The van der Waals surface area contributed by atoms with Gasteiger partial charge in [0.15, 0.2) is 0 Å². The summed E-state index contributed by atoms with van der Waals surface area (Å²) >= 11 is 0. The van der Waals surface area contributed by atoms with Crippen LogP contribution in [-0.4, -0.2) is 17.1 Å². The van der Waals surface area contributed by atoms with E-state index < -0.39 is 0 Å². The van der Waals surface area contributed by atoms with E-state index in [1.165, 1.54) is 0 Å². The molecule has 4 heteroatoms. The molecular weight excluding hydrogens is 214 g/mol. The summed E-state index contributed by atoms with van der Waals surface area (Å²) in [6, 6.07) is 3.68. The second-order valence-electron chi connectivity index (χ2n) is 5.58. The van der Waals surface area contributed by atoms with Gasteiger partial charge in [-0.25, -0.2) is 0 Å². The molecule has 17 heavy (non-hydrogen) atoms. The van der Waals surface area contributed by atoms with Gasteiger partial charge in [-0.05, 0) is 38.8 Å². The third kappa shape index (κ3) is 4.93. The van der Waals surface area contributed by atoms with E-state index in [4.69, 9.17) is 10.5 Å². The fourth-order valence-electron chi connectivity index (χ4n) is 1.23. The molecule has 0 saturated carbocycles. The van der Waals surface area contributed by atoms with E-state index in [2.05, 4.69) is 24.1 Å². The van der Waals surface area contributed by atoms with Gasteiger partial charge in [-0.1, -0.05) is 13.8 Å². The van der Waals surface area contributed by atoms with Crippen LogP contribution in [0, 0.1) is 5.92 Å². The van der Waals surface area contributed by atoms with Gasteiger partial charge in [0.1, 0.15) is 11.4 Å². The van der Waals surface area contributed by atoms with Crippen molar-refractivity contribution in [1.29, 1.82) is 0 Å². The van der Waals surface area contributed by atoms with Crippen LogP contribution < -0.4 is 15.8 Å². The molecule has 96 valence electrons. The molecule has 0 radical (unpaired) electrons. The van der Waals surface area contributed by atoms with Gasteiger partial charge < -0.3 is 15.8 Å². The number of hydrogen-bond acceptors (Lipinski definition) is 4. The normalized spacial score (nSPS) is 11.6. The van der Waals surface area contributed by atoms with Gasteiger partial charge in [0, 0.05) is 6.54 Å². The highest BCUT2D eigenvalue weighted by atomic mass is 16.5. The Morgan fingerprint density at radius 3 is 2.53 bits per heavy atom. The zero-order valence-electron chi connectivity index (χ0n) is 11.4. The number of aromatic nitrogens is 1. The summed E-state index contributed by atoms with van der Waals surface area (Å²) < 4.78 is 5.70. The highest BCUT2D eigenvalue weighted by Gasteiger charge is 2.15. The van der Waals surface area contributed by atoms with Gasteiger partial charge in [0.05, 0.1) is 5.69 Å². The lowest BCUT2D eigenvalue weighted by molar-refractivity contribution is 0.125. The number of anilines is 2. The zero-order chi connectivity index (χ0) is 13.1. The first kappa shape index (κ1) is 13.6. The van der Waals surface area contributed by atoms with Crippen LogP contribution in [0.5, 0.6) is 5.88 Å². The number of hydrogen-bond donors (Lipinski definition) is 2. The highest BCUT2D eigenvalue weighted by molar-refractivity contribution is 5.53. The van der Waals surface area contributed by atoms with Crippen LogP contribution >= 0.6 is 0 Å². The molecule has 1 aromatic heterocycles. The predicted molar refractivity (Wildman–Crippen MR) is 72.4 cm³/mol. The zero-order valence-corrected chi connectivity index (χ0v) is 11.4. The van der Waals surface area contributed by atoms with Gasteiger partial charge in [-0.3, -0.25) is 0 Å². The smallest absolute Gasteiger partial charge is 0.239 e. The first-order chi connectivity index (χ1) is 7.78. The fraction of sp³-hybridized carbons (Fsp3) is 0.615. The lowest BCUT2D eigenvalue weighted by atomic mass is 10.2. The van der Waals surface area contributed by atoms with Crippen molar-refractivity contribution in [1.82, 2.24) is 4.98 Å². The molecule has 0 bridgehead atoms. The van der Waals surface area contributed by atoms with Crippen molar-refractivity contribution in [3.05, 3.63) is 12.1 Å². The molecule has 1 aromatic rings. The number of ether oxygens (including phenoxy) is 1. The molecule has 0 aliphatic carbocycles.